The van der Waals surface area contributed by atoms with E-state index in [9.17, 15) is 4.79 Å². The van der Waals surface area contributed by atoms with Crippen molar-refractivity contribution >= 4 is 38.3 Å². The topological polar surface area (TPSA) is 72.7 Å². The Labute approximate surface area is 176 Å². The molecule has 4 aromatic heterocycles. The number of anilines is 1. The average Bonchev–Trinajstić information content (AvgIpc) is 3.15. The van der Waals surface area contributed by atoms with Crippen molar-refractivity contribution in [2.75, 3.05) is 5.32 Å². The highest BCUT2D eigenvalue weighted by Crippen LogP contribution is 2.29. The maximum atomic E-state index is 13.5. The van der Waals surface area contributed by atoms with Gasteiger partial charge in [0.05, 0.1) is 16.9 Å². The summed E-state index contributed by atoms with van der Waals surface area (Å²) >= 11 is 1.59. The predicted molar refractivity (Wildman–Crippen MR) is 122 cm³/mol. The van der Waals surface area contributed by atoms with Crippen molar-refractivity contribution in [3.05, 3.63) is 88.0 Å². The van der Waals surface area contributed by atoms with Gasteiger partial charge in [-0.2, -0.15) is 0 Å². The first-order chi connectivity index (χ1) is 14.6. The van der Waals surface area contributed by atoms with Gasteiger partial charge in [-0.25, -0.2) is 9.97 Å². The smallest absolute Gasteiger partial charge is 0.264 e. The van der Waals surface area contributed by atoms with Crippen molar-refractivity contribution < 1.29 is 0 Å². The number of para-hydroxylation sites is 1. The monoisotopic (exact) mass is 413 g/mol. The molecule has 1 N–H and O–H groups in total. The number of nitrogens with zero attached hydrogens (tertiary/aromatic N) is 4. The minimum Gasteiger partial charge on any atom is -0.360 e. The highest BCUT2D eigenvalue weighted by atomic mass is 32.1. The van der Waals surface area contributed by atoms with E-state index in [4.69, 9.17) is 0 Å². The van der Waals surface area contributed by atoms with Gasteiger partial charge in [-0.05, 0) is 55.1 Å². The van der Waals surface area contributed by atoms with Crippen LogP contribution in [0.4, 0.5) is 5.82 Å². The summed E-state index contributed by atoms with van der Waals surface area (Å²) in [6.45, 7) is 4.01. The lowest BCUT2D eigenvalue weighted by Gasteiger charge is -2.21. The molecular formula is C23H19N5OS. The average molecular weight is 414 g/mol. The molecule has 0 aliphatic carbocycles. The Morgan fingerprint density at radius 2 is 1.90 bits per heavy atom. The van der Waals surface area contributed by atoms with E-state index in [2.05, 4.69) is 26.3 Å². The first-order valence-electron chi connectivity index (χ1n) is 9.65. The number of pyridine rings is 2. The quantitative estimate of drug-likeness (QED) is 0.455. The van der Waals surface area contributed by atoms with Crippen molar-refractivity contribution in [3.63, 3.8) is 0 Å². The molecule has 0 spiro atoms. The normalized spacial score (nSPS) is 12.3. The van der Waals surface area contributed by atoms with Crippen LogP contribution in [-0.4, -0.2) is 19.5 Å². The SMILES string of the molecule is Cc1csc2cc([C@H](C)Nc3ncnc4cccnc34)n(-c3ccccc3)c(=O)c12. The van der Waals surface area contributed by atoms with Crippen LogP contribution in [-0.2, 0) is 0 Å². The fourth-order valence-corrected chi connectivity index (χ4v) is 4.69. The van der Waals surface area contributed by atoms with Crippen molar-refractivity contribution in [2.45, 2.75) is 19.9 Å². The molecule has 0 unspecified atom stereocenters. The van der Waals surface area contributed by atoms with E-state index in [-0.39, 0.29) is 11.6 Å². The van der Waals surface area contributed by atoms with Crippen LogP contribution >= 0.6 is 11.3 Å². The number of fused-ring (bicyclic) bond motifs is 2. The van der Waals surface area contributed by atoms with Gasteiger partial charge >= 0.3 is 0 Å². The first-order valence-corrected chi connectivity index (χ1v) is 10.5. The number of aromatic nitrogens is 4. The highest BCUT2D eigenvalue weighted by molar-refractivity contribution is 7.17. The van der Waals surface area contributed by atoms with E-state index < -0.39 is 0 Å². The largest absolute Gasteiger partial charge is 0.360 e. The molecule has 0 radical (unpaired) electrons. The summed E-state index contributed by atoms with van der Waals surface area (Å²) < 4.78 is 2.77. The van der Waals surface area contributed by atoms with Crippen molar-refractivity contribution in [2.24, 2.45) is 0 Å². The van der Waals surface area contributed by atoms with Crippen LogP contribution in [0.5, 0.6) is 0 Å². The van der Waals surface area contributed by atoms with E-state index >= 15 is 0 Å². The van der Waals surface area contributed by atoms with E-state index in [0.717, 1.165) is 32.5 Å². The zero-order valence-electron chi connectivity index (χ0n) is 16.5. The number of rotatable bonds is 4. The Morgan fingerprint density at radius 3 is 2.73 bits per heavy atom. The van der Waals surface area contributed by atoms with Crippen molar-refractivity contribution in [1.29, 1.82) is 0 Å². The molecule has 1 atom stereocenters. The molecule has 6 nitrogen and oxygen atoms in total. The van der Waals surface area contributed by atoms with Gasteiger partial charge in [0.15, 0.2) is 5.82 Å². The lowest BCUT2D eigenvalue weighted by Crippen LogP contribution is -2.25. The summed E-state index contributed by atoms with van der Waals surface area (Å²) in [5.41, 5.74) is 4.17. The van der Waals surface area contributed by atoms with E-state index in [1.807, 2.05) is 61.7 Å². The van der Waals surface area contributed by atoms with Crippen LogP contribution in [0.1, 0.15) is 24.2 Å². The summed E-state index contributed by atoms with van der Waals surface area (Å²) in [4.78, 5) is 26.6. The minimum atomic E-state index is -0.190. The Morgan fingerprint density at radius 1 is 1.07 bits per heavy atom. The molecule has 0 saturated heterocycles. The van der Waals surface area contributed by atoms with Gasteiger partial charge in [0, 0.05) is 22.3 Å². The highest BCUT2D eigenvalue weighted by Gasteiger charge is 2.19. The van der Waals surface area contributed by atoms with Gasteiger partial charge in [0.1, 0.15) is 11.8 Å². The van der Waals surface area contributed by atoms with Gasteiger partial charge < -0.3 is 5.32 Å². The summed E-state index contributed by atoms with van der Waals surface area (Å²) in [7, 11) is 0. The molecule has 148 valence electrons. The van der Waals surface area contributed by atoms with Gasteiger partial charge in [-0.3, -0.25) is 14.3 Å². The minimum absolute atomic E-state index is 0.00762. The third-order valence-corrected chi connectivity index (χ3v) is 6.21. The molecule has 30 heavy (non-hydrogen) atoms. The maximum Gasteiger partial charge on any atom is 0.264 e. The van der Waals surface area contributed by atoms with Crippen molar-refractivity contribution in [1.82, 2.24) is 19.5 Å². The van der Waals surface area contributed by atoms with Gasteiger partial charge in [-0.1, -0.05) is 18.2 Å². The molecule has 7 heteroatoms. The van der Waals surface area contributed by atoms with Gasteiger partial charge in [-0.15, -0.1) is 11.3 Å². The van der Waals surface area contributed by atoms with E-state index in [1.165, 1.54) is 6.33 Å². The summed E-state index contributed by atoms with van der Waals surface area (Å²) in [6.07, 6.45) is 3.25. The predicted octanol–water partition coefficient (Wildman–Crippen LogP) is 4.87. The fraction of sp³-hybridized carbons (Fsp3) is 0.130. The zero-order chi connectivity index (χ0) is 20.7. The number of benzene rings is 1. The number of nitrogens with one attached hydrogen (secondary N) is 1. The Kier molecular flexibility index (Phi) is 4.52. The standard InChI is InChI=1S/C23H19N5OS/c1-14-12-30-19-11-18(28(23(29)20(14)19)16-7-4-3-5-8-16)15(2)27-22-21-17(25-13-26-22)9-6-10-24-21/h3-13,15H,1-2H3,(H,25,26,27)/t15-/m0/s1. The molecule has 4 heterocycles. The molecule has 0 amide bonds. The second-order valence-corrected chi connectivity index (χ2v) is 8.07. The Bertz CT molecular complexity index is 1420. The summed E-state index contributed by atoms with van der Waals surface area (Å²) in [6, 6.07) is 15.4. The molecule has 5 rings (SSSR count). The zero-order valence-corrected chi connectivity index (χ0v) is 17.4. The van der Waals surface area contributed by atoms with Crippen LogP contribution in [0.3, 0.4) is 0 Å². The van der Waals surface area contributed by atoms with Crippen LogP contribution in [0.2, 0.25) is 0 Å². The molecule has 0 bridgehead atoms. The number of hydrogen-bond donors (Lipinski definition) is 1. The lowest BCUT2D eigenvalue weighted by atomic mass is 10.1. The second kappa shape index (κ2) is 7.35. The third kappa shape index (κ3) is 3.04. The molecule has 1 aromatic carbocycles. The van der Waals surface area contributed by atoms with E-state index in [1.54, 1.807) is 22.1 Å². The maximum absolute atomic E-state index is 13.5. The fourth-order valence-electron chi connectivity index (χ4n) is 3.71. The first kappa shape index (κ1) is 18.4. The van der Waals surface area contributed by atoms with Crippen LogP contribution in [0.25, 0.3) is 26.8 Å². The molecule has 0 saturated carbocycles. The van der Waals surface area contributed by atoms with Gasteiger partial charge in [0.25, 0.3) is 5.56 Å². The second-order valence-electron chi connectivity index (χ2n) is 7.16. The summed E-state index contributed by atoms with van der Waals surface area (Å²) in [5.74, 6) is 0.641. The number of aryl methyl sites for hydroxylation is 1. The van der Waals surface area contributed by atoms with Crippen LogP contribution < -0.4 is 10.9 Å². The Hall–Kier alpha value is -3.58. The molecule has 0 aliphatic rings. The van der Waals surface area contributed by atoms with Crippen LogP contribution in [0, 0.1) is 6.92 Å². The molecular weight excluding hydrogens is 394 g/mol. The summed E-state index contributed by atoms with van der Waals surface area (Å²) in [5, 5.41) is 6.25. The van der Waals surface area contributed by atoms with Gasteiger partial charge in [0.2, 0.25) is 0 Å². The van der Waals surface area contributed by atoms with Crippen LogP contribution in [0.15, 0.2) is 71.2 Å². The molecule has 0 aliphatic heterocycles. The van der Waals surface area contributed by atoms with Crippen molar-refractivity contribution in [3.8, 4) is 5.69 Å². The Balaban J connectivity index is 1.69. The molecule has 5 aromatic rings. The molecule has 0 fully saturated rings. The third-order valence-electron chi connectivity index (χ3n) is 5.16. The van der Waals surface area contributed by atoms with E-state index in [0.29, 0.717) is 11.3 Å². The lowest BCUT2D eigenvalue weighted by molar-refractivity contribution is 0.774. The number of thiophene rings is 1. The number of hydrogen-bond acceptors (Lipinski definition) is 6.